The van der Waals surface area contributed by atoms with E-state index in [1.54, 1.807) is 0 Å². The Bertz CT molecular complexity index is 275. The van der Waals surface area contributed by atoms with Crippen LogP contribution in [-0.4, -0.2) is 58.6 Å². The molecule has 4 nitrogen and oxygen atoms in total. The highest BCUT2D eigenvalue weighted by molar-refractivity contribution is 7.90. The maximum absolute atomic E-state index is 11.0. The molecule has 0 bridgehead atoms. The van der Waals surface area contributed by atoms with Crippen molar-refractivity contribution in [2.24, 2.45) is 5.92 Å². The molecule has 5 heteroatoms. The van der Waals surface area contributed by atoms with Crippen molar-refractivity contribution in [2.75, 3.05) is 45.2 Å². The number of nitrogens with zero attached hydrogens (tertiary/aromatic N) is 1. The van der Waals surface area contributed by atoms with Gasteiger partial charge in [0.15, 0.2) is 0 Å². The van der Waals surface area contributed by atoms with Gasteiger partial charge in [0.25, 0.3) is 0 Å². The van der Waals surface area contributed by atoms with Gasteiger partial charge in [0.05, 0.1) is 5.75 Å². The Balaban J connectivity index is 2.30. The molecule has 0 aliphatic carbocycles. The largest absolute Gasteiger partial charge is 0.319 e. The summed E-state index contributed by atoms with van der Waals surface area (Å²) in [5, 5.41) is 3.19. The molecule has 15 heavy (non-hydrogen) atoms. The Morgan fingerprint density at radius 3 is 2.80 bits per heavy atom. The molecular weight excluding hydrogens is 212 g/mol. The first-order chi connectivity index (χ1) is 7.01. The zero-order valence-electron chi connectivity index (χ0n) is 9.70. The smallest absolute Gasteiger partial charge is 0.148 e. The van der Waals surface area contributed by atoms with Crippen molar-refractivity contribution in [3.05, 3.63) is 0 Å². The highest BCUT2D eigenvalue weighted by atomic mass is 32.2. The fraction of sp³-hybridized carbons (Fsp3) is 1.00. The Hall–Kier alpha value is -0.130. The maximum atomic E-state index is 11.0. The van der Waals surface area contributed by atoms with E-state index in [0.29, 0.717) is 18.2 Å². The Morgan fingerprint density at radius 2 is 2.20 bits per heavy atom. The van der Waals surface area contributed by atoms with Crippen molar-refractivity contribution >= 4 is 9.84 Å². The lowest BCUT2D eigenvalue weighted by atomic mass is 9.98. The maximum Gasteiger partial charge on any atom is 0.148 e. The molecule has 1 aliphatic rings. The van der Waals surface area contributed by atoms with Crippen LogP contribution in [0.15, 0.2) is 0 Å². The Kier molecular flexibility index (Phi) is 5.02. The number of hydrogen-bond acceptors (Lipinski definition) is 4. The first-order valence-corrected chi connectivity index (χ1v) is 7.62. The lowest BCUT2D eigenvalue weighted by Crippen LogP contribution is -2.41. The van der Waals surface area contributed by atoms with Crippen LogP contribution < -0.4 is 5.32 Å². The van der Waals surface area contributed by atoms with E-state index in [0.717, 1.165) is 19.6 Å². The van der Waals surface area contributed by atoms with E-state index in [1.165, 1.54) is 19.1 Å². The molecule has 1 rings (SSSR count). The van der Waals surface area contributed by atoms with Gasteiger partial charge in [-0.3, -0.25) is 0 Å². The number of nitrogens with one attached hydrogen (secondary N) is 1. The molecule has 1 aliphatic heterocycles. The summed E-state index contributed by atoms with van der Waals surface area (Å²) >= 11 is 0. The third kappa shape index (κ3) is 5.49. The fourth-order valence-corrected chi connectivity index (χ4v) is 2.69. The van der Waals surface area contributed by atoms with Gasteiger partial charge in [-0.1, -0.05) is 0 Å². The number of rotatable bonds is 5. The fourth-order valence-electron chi connectivity index (χ4n) is 2.10. The minimum atomic E-state index is -2.81. The van der Waals surface area contributed by atoms with E-state index in [1.807, 2.05) is 7.05 Å². The van der Waals surface area contributed by atoms with Gasteiger partial charge in [-0.05, 0) is 38.9 Å². The molecule has 1 fully saturated rings. The van der Waals surface area contributed by atoms with Gasteiger partial charge in [-0.2, -0.15) is 0 Å². The van der Waals surface area contributed by atoms with Crippen molar-refractivity contribution in [1.82, 2.24) is 10.2 Å². The van der Waals surface area contributed by atoms with Gasteiger partial charge in [0.1, 0.15) is 9.84 Å². The first-order valence-electron chi connectivity index (χ1n) is 5.56. The van der Waals surface area contributed by atoms with E-state index in [9.17, 15) is 8.42 Å². The lowest BCUT2D eigenvalue weighted by molar-refractivity contribution is 0.182. The average Bonchev–Trinajstić information content (AvgIpc) is 2.15. The zero-order valence-corrected chi connectivity index (χ0v) is 10.5. The van der Waals surface area contributed by atoms with E-state index < -0.39 is 9.84 Å². The minimum Gasteiger partial charge on any atom is -0.319 e. The molecule has 1 saturated heterocycles. The molecule has 1 atom stereocenters. The molecular formula is C10H22N2O2S. The van der Waals surface area contributed by atoms with E-state index in [4.69, 9.17) is 0 Å². The van der Waals surface area contributed by atoms with Crippen molar-refractivity contribution in [3.63, 3.8) is 0 Å². The van der Waals surface area contributed by atoms with Crippen LogP contribution in [0.4, 0.5) is 0 Å². The summed E-state index contributed by atoms with van der Waals surface area (Å²) in [5.41, 5.74) is 0. The summed E-state index contributed by atoms with van der Waals surface area (Å²) in [6.07, 6.45) is 3.76. The topological polar surface area (TPSA) is 49.4 Å². The summed E-state index contributed by atoms with van der Waals surface area (Å²) in [7, 11) is -0.843. The predicted octanol–water partition coefficient (Wildman–Crippen LogP) is -0.0376. The zero-order chi connectivity index (χ0) is 11.3. The number of likely N-dealkylation sites (tertiary alicyclic amines) is 1. The molecule has 0 amide bonds. The van der Waals surface area contributed by atoms with Crippen LogP contribution in [0.2, 0.25) is 0 Å². The van der Waals surface area contributed by atoms with Crippen LogP contribution in [0.1, 0.15) is 12.8 Å². The SMILES string of the molecule is CNCC1CCCN(CCS(C)(=O)=O)C1. The standard InChI is InChI=1S/C10H22N2O2S/c1-11-8-10-4-3-5-12(9-10)6-7-15(2,13)14/h10-11H,3-9H2,1-2H3. The highest BCUT2D eigenvalue weighted by Crippen LogP contribution is 2.15. The van der Waals surface area contributed by atoms with E-state index >= 15 is 0 Å². The quantitative estimate of drug-likeness (QED) is 0.725. The van der Waals surface area contributed by atoms with Crippen LogP contribution in [0.3, 0.4) is 0 Å². The third-order valence-corrected chi connectivity index (χ3v) is 3.80. The average molecular weight is 234 g/mol. The molecule has 0 radical (unpaired) electrons. The van der Waals surface area contributed by atoms with E-state index in [-0.39, 0.29) is 0 Å². The number of sulfone groups is 1. The number of piperidine rings is 1. The van der Waals surface area contributed by atoms with Crippen molar-refractivity contribution < 1.29 is 8.42 Å². The van der Waals surface area contributed by atoms with Crippen LogP contribution in [0.25, 0.3) is 0 Å². The second-order valence-electron chi connectivity index (χ2n) is 4.50. The van der Waals surface area contributed by atoms with Gasteiger partial charge in [0.2, 0.25) is 0 Å². The van der Waals surface area contributed by atoms with Gasteiger partial charge >= 0.3 is 0 Å². The van der Waals surface area contributed by atoms with Gasteiger partial charge in [-0.15, -0.1) is 0 Å². The lowest BCUT2D eigenvalue weighted by Gasteiger charge is -2.32. The van der Waals surface area contributed by atoms with Crippen LogP contribution in [-0.2, 0) is 9.84 Å². The van der Waals surface area contributed by atoms with Crippen molar-refractivity contribution in [3.8, 4) is 0 Å². The highest BCUT2D eigenvalue weighted by Gasteiger charge is 2.19. The summed E-state index contributed by atoms with van der Waals surface area (Å²) in [6, 6.07) is 0. The molecule has 1 heterocycles. The van der Waals surface area contributed by atoms with E-state index in [2.05, 4.69) is 10.2 Å². The summed E-state index contributed by atoms with van der Waals surface area (Å²) in [5.74, 6) is 0.975. The molecule has 0 saturated carbocycles. The minimum absolute atomic E-state index is 0.291. The van der Waals surface area contributed by atoms with Gasteiger partial charge < -0.3 is 10.2 Å². The molecule has 1 unspecified atom stereocenters. The molecule has 0 spiro atoms. The van der Waals surface area contributed by atoms with Crippen LogP contribution in [0, 0.1) is 5.92 Å². The van der Waals surface area contributed by atoms with Crippen LogP contribution in [0.5, 0.6) is 0 Å². The monoisotopic (exact) mass is 234 g/mol. The van der Waals surface area contributed by atoms with Crippen molar-refractivity contribution in [2.45, 2.75) is 12.8 Å². The molecule has 0 aromatic carbocycles. The molecule has 0 aromatic heterocycles. The van der Waals surface area contributed by atoms with Crippen LogP contribution >= 0.6 is 0 Å². The Morgan fingerprint density at radius 1 is 1.47 bits per heavy atom. The normalized spacial score (nSPS) is 24.3. The number of hydrogen-bond donors (Lipinski definition) is 1. The second-order valence-corrected chi connectivity index (χ2v) is 6.76. The second kappa shape index (κ2) is 5.82. The van der Waals surface area contributed by atoms with Gasteiger partial charge in [-0.25, -0.2) is 8.42 Å². The Labute approximate surface area is 93.0 Å². The van der Waals surface area contributed by atoms with Crippen molar-refractivity contribution in [1.29, 1.82) is 0 Å². The summed E-state index contributed by atoms with van der Waals surface area (Å²) in [4.78, 5) is 2.27. The molecule has 0 aromatic rings. The first kappa shape index (κ1) is 12.9. The predicted molar refractivity (Wildman–Crippen MR) is 62.8 cm³/mol. The molecule has 1 N–H and O–H groups in total. The third-order valence-electron chi connectivity index (χ3n) is 2.87. The summed E-state index contributed by atoms with van der Waals surface area (Å²) < 4.78 is 22.1. The molecule has 90 valence electrons. The van der Waals surface area contributed by atoms with Gasteiger partial charge in [0, 0.05) is 19.3 Å². The summed E-state index contributed by atoms with van der Waals surface area (Å²) in [6.45, 7) is 3.82.